The molecule has 0 spiro atoms. The first-order chi connectivity index (χ1) is 12.0. The van der Waals surface area contributed by atoms with Crippen LogP contribution in [0.4, 0.5) is 5.69 Å². The lowest BCUT2D eigenvalue weighted by atomic mass is 10.1. The molecule has 0 bridgehead atoms. The van der Waals surface area contributed by atoms with Crippen molar-refractivity contribution in [1.82, 2.24) is 14.9 Å². The van der Waals surface area contributed by atoms with Crippen LogP contribution in [-0.4, -0.2) is 44.9 Å². The highest BCUT2D eigenvalue weighted by Crippen LogP contribution is 2.26. The van der Waals surface area contributed by atoms with Crippen molar-refractivity contribution < 1.29 is 14.5 Å². The summed E-state index contributed by atoms with van der Waals surface area (Å²) in [5, 5.41) is 11.0. The standard InChI is InChI=1S/C16H15ClN4O4/c17-13-4-3-11(8-14(13)21(23)24)16(22)20-7-1-2-12(10-20)25-15-9-18-5-6-19-15/h3-6,8-9,12H,1-2,7,10H2. The molecule has 1 unspecified atom stereocenters. The number of nitrogens with zero attached hydrogens (tertiary/aromatic N) is 4. The maximum atomic E-state index is 12.7. The van der Waals surface area contributed by atoms with Gasteiger partial charge in [-0.05, 0) is 25.0 Å². The first kappa shape index (κ1) is 17.1. The third-order valence-electron chi connectivity index (χ3n) is 3.88. The summed E-state index contributed by atoms with van der Waals surface area (Å²) in [6, 6.07) is 4.06. The van der Waals surface area contributed by atoms with Gasteiger partial charge in [0.25, 0.3) is 11.6 Å². The minimum atomic E-state index is -0.602. The number of halogens is 1. The van der Waals surface area contributed by atoms with Crippen molar-refractivity contribution in [1.29, 1.82) is 0 Å². The summed E-state index contributed by atoms with van der Waals surface area (Å²) in [5.74, 6) is 0.121. The van der Waals surface area contributed by atoms with Gasteiger partial charge in [0.2, 0.25) is 5.88 Å². The summed E-state index contributed by atoms with van der Waals surface area (Å²) in [6.45, 7) is 0.946. The summed E-state index contributed by atoms with van der Waals surface area (Å²) >= 11 is 5.80. The maximum Gasteiger partial charge on any atom is 0.288 e. The van der Waals surface area contributed by atoms with Gasteiger partial charge in [-0.2, -0.15) is 0 Å². The molecular weight excluding hydrogens is 348 g/mol. The number of likely N-dealkylation sites (tertiary alicyclic amines) is 1. The zero-order chi connectivity index (χ0) is 17.8. The van der Waals surface area contributed by atoms with Crippen LogP contribution in [0.25, 0.3) is 0 Å². The SMILES string of the molecule is O=C(c1ccc(Cl)c([N+](=O)[O-])c1)N1CCCC(Oc2cnccn2)C1. The molecule has 2 heterocycles. The largest absolute Gasteiger partial charge is 0.471 e. The van der Waals surface area contributed by atoms with E-state index in [0.29, 0.717) is 19.0 Å². The number of carbonyl (C=O) groups is 1. The number of amides is 1. The van der Waals surface area contributed by atoms with Gasteiger partial charge < -0.3 is 9.64 Å². The minimum absolute atomic E-state index is 0.00376. The molecule has 8 nitrogen and oxygen atoms in total. The number of carbonyl (C=O) groups excluding carboxylic acids is 1. The summed E-state index contributed by atoms with van der Waals surface area (Å²) in [4.78, 5) is 32.7. The Kier molecular flexibility index (Phi) is 5.08. The Labute approximate surface area is 148 Å². The van der Waals surface area contributed by atoms with Gasteiger partial charge >= 0.3 is 0 Å². The molecule has 3 rings (SSSR count). The quantitative estimate of drug-likeness (QED) is 0.612. The average molecular weight is 363 g/mol. The first-order valence-corrected chi connectivity index (χ1v) is 8.08. The van der Waals surface area contributed by atoms with Gasteiger partial charge in [0, 0.05) is 30.6 Å². The molecule has 0 saturated carbocycles. The van der Waals surface area contributed by atoms with E-state index < -0.39 is 4.92 Å². The summed E-state index contributed by atoms with van der Waals surface area (Å²) in [7, 11) is 0. The molecule has 1 aliphatic heterocycles. The maximum absolute atomic E-state index is 12.7. The van der Waals surface area contributed by atoms with Crippen LogP contribution in [0.2, 0.25) is 5.02 Å². The van der Waals surface area contributed by atoms with Gasteiger partial charge in [0.05, 0.1) is 17.7 Å². The molecule has 1 aliphatic rings. The molecule has 0 N–H and O–H groups in total. The predicted octanol–water partition coefficient (Wildman–Crippen LogP) is 2.72. The normalized spacial score (nSPS) is 17.2. The number of hydrogen-bond donors (Lipinski definition) is 0. The molecular formula is C16H15ClN4O4. The van der Waals surface area contributed by atoms with Gasteiger partial charge in [0.15, 0.2) is 0 Å². The molecule has 1 fully saturated rings. The van der Waals surface area contributed by atoms with Crippen molar-refractivity contribution in [2.75, 3.05) is 13.1 Å². The third kappa shape index (κ3) is 4.03. The Morgan fingerprint density at radius 1 is 1.40 bits per heavy atom. The van der Waals surface area contributed by atoms with E-state index in [-0.39, 0.29) is 28.3 Å². The van der Waals surface area contributed by atoms with E-state index in [0.717, 1.165) is 12.8 Å². The van der Waals surface area contributed by atoms with Crippen LogP contribution < -0.4 is 4.74 Å². The number of aromatic nitrogens is 2. The fourth-order valence-corrected chi connectivity index (χ4v) is 2.89. The molecule has 1 aromatic heterocycles. The number of ether oxygens (including phenoxy) is 1. The molecule has 1 saturated heterocycles. The summed E-state index contributed by atoms with van der Waals surface area (Å²) in [6.07, 6.45) is 5.97. The third-order valence-corrected chi connectivity index (χ3v) is 4.20. The Bertz CT molecular complexity index is 787. The Balaban J connectivity index is 1.72. The van der Waals surface area contributed by atoms with Crippen LogP contribution in [0, 0.1) is 10.1 Å². The van der Waals surface area contributed by atoms with Crippen molar-refractivity contribution in [3.8, 4) is 5.88 Å². The van der Waals surface area contributed by atoms with E-state index in [9.17, 15) is 14.9 Å². The van der Waals surface area contributed by atoms with Gasteiger partial charge in [-0.25, -0.2) is 4.98 Å². The van der Waals surface area contributed by atoms with E-state index in [2.05, 4.69) is 9.97 Å². The highest BCUT2D eigenvalue weighted by Gasteiger charge is 2.27. The van der Waals surface area contributed by atoms with Crippen LogP contribution in [0.15, 0.2) is 36.8 Å². The lowest BCUT2D eigenvalue weighted by Gasteiger charge is -2.32. The van der Waals surface area contributed by atoms with Crippen LogP contribution in [-0.2, 0) is 0 Å². The van der Waals surface area contributed by atoms with Crippen LogP contribution >= 0.6 is 11.6 Å². The number of nitro benzene ring substituents is 1. The van der Waals surface area contributed by atoms with Crippen molar-refractivity contribution in [3.05, 3.63) is 57.5 Å². The predicted molar refractivity (Wildman–Crippen MR) is 89.7 cm³/mol. The van der Waals surface area contributed by atoms with E-state index in [4.69, 9.17) is 16.3 Å². The van der Waals surface area contributed by atoms with Gasteiger partial charge in [-0.3, -0.25) is 19.9 Å². The molecule has 2 aromatic rings. The van der Waals surface area contributed by atoms with Gasteiger partial charge in [0.1, 0.15) is 11.1 Å². The highest BCUT2D eigenvalue weighted by atomic mass is 35.5. The average Bonchev–Trinajstić information content (AvgIpc) is 2.62. The smallest absolute Gasteiger partial charge is 0.288 e. The van der Waals surface area contributed by atoms with Crippen molar-refractivity contribution in [3.63, 3.8) is 0 Å². The Hall–Kier alpha value is -2.74. The van der Waals surface area contributed by atoms with Crippen molar-refractivity contribution in [2.24, 2.45) is 0 Å². The topological polar surface area (TPSA) is 98.5 Å². The Morgan fingerprint density at radius 3 is 2.96 bits per heavy atom. The molecule has 1 atom stereocenters. The fraction of sp³-hybridized carbons (Fsp3) is 0.312. The number of hydrogen-bond acceptors (Lipinski definition) is 6. The number of piperidine rings is 1. The monoisotopic (exact) mass is 362 g/mol. The first-order valence-electron chi connectivity index (χ1n) is 7.70. The minimum Gasteiger partial charge on any atom is -0.471 e. The van der Waals surface area contributed by atoms with Gasteiger partial charge in [-0.15, -0.1) is 0 Å². The second-order valence-corrected chi connectivity index (χ2v) is 6.01. The van der Waals surface area contributed by atoms with E-state index in [1.54, 1.807) is 11.1 Å². The Morgan fingerprint density at radius 2 is 2.24 bits per heavy atom. The van der Waals surface area contributed by atoms with E-state index in [1.165, 1.54) is 30.6 Å². The lowest BCUT2D eigenvalue weighted by molar-refractivity contribution is -0.384. The van der Waals surface area contributed by atoms with Crippen LogP contribution in [0.3, 0.4) is 0 Å². The number of benzene rings is 1. The molecule has 1 amide bonds. The lowest BCUT2D eigenvalue weighted by Crippen LogP contribution is -2.44. The zero-order valence-corrected chi connectivity index (χ0v) is 13.9. The molecule has 1 aromatic carbocycles. The van der Waals surface area contributed by atoms with Crippen LogP contribution in [0.1, 0.15) is 23.2 Å². The highest BCUT2D eigenvalue weighted by molar-refractivity contribution is 6.32. The second-order valence-electron chi connectivity index (χ2n) is 5.60. The molecule has 25 heavy (non-hydrogen) atoms. The summed E-state index contributed by atoms with van der Waals surface area (Å²) < 4.78 is 5.76. The second kappa shape index (κ2) is 7.43. The zero-order valence-electron chi connectivity index (χ0n) is 13.2. The fourth-order valence-electron chi connectivity index (χ4n) is 2.70. The molecule has 130 valence electrons. The van der Waals surface area contributed by atoms with Crippen molar-refractivity contribution in [2.45, 2.75) is 18.9 Å². The van der Waals surface area contributed by atoms with Gasteiger partial charge in [-0.1, -0.05) is 11.6 Å². The molecule has 0 radical (unpaired) electrons. The van der Waals surface area contributed by atoms with E-state index in [1.807, 2.05) is 0 Å². The molecule has 9 heteroatoms. The molecule has 0 aliphatic carbocycles. The van der Waals surface area contributed by atoms with E-state index >= 15 is 0 Å². The number of rotatable bonds is 4. The summed E-state index contributed by atoms with van der Waals surface area (Å²) in [5.41, 5.74) is -0.0480. The number of nitro groups is 1. The van der Waals surface area contributed by atoms with Crippen molar-refractivity contribution >= 4 is 23.2 Å². The van der Waals surface area contributed by atoms with Crippen LogP contribution in [0.5, 0.6) is 5.88 Å².